The van der Waals surface area contributed by atoms with Crippen molar-refractivity contribution >= 4 is 11.9 Å². The Kier molecular flexibility index (Phi) is 8.68. The Morgan fingerprint density at radius 3 is 2.03 bits per heavy atom. The molecule has 4 rings (SSSR count). The molecule has 1 fully saturated rings. The lowest BCUT2D eigenvalue weighted by Gasteiger charge is -2.28. The third kappa shape index (κ3) is 7.03. The molecule has 1 atom stereocenters. The summed E-state index contributed by atoms with van der Waals surface area (Å²) in [5.41, 5.74) is 9.93. The molecule has 0 spiro atoms. The van der Waals surface area contributed by atoms with Crippen molar-refractivity contribution in [2.45, 2.75) is 44.8 Å². The van der Waals surface area contributed by atoms with Crippen LogP contribution in [-0.2, 0) is 27.4 Å². The van der Waals surface area contributed by atoms with E-state index in [9.17, 15) is 9.59 Å². The summed E-state index contributed by atoms with van der Waals surface area (Å²) in [5.74, 6) is -0.0653. The normalized spacial score (nSPS) is 18.4. The second-order valence-electron chi connectivity index (χ2n) is 9.37. The monoisotopic (exact) mass is 470 g/mol. The molecule has 0 aromatic heterocycles. The fraction of sp³-hybridized carbons (Fsp3) is 0.333. The van der Waals surface area contributed by atoms with Crippen LogP contribution in [0.4, 0.5) is 0 Å². The molecule has 0 bridgehead atoms. The van der Waals surface area contributed by atoms with Crippen LogP contribution in [0, 0.1) is 11.8 Å². The second-order valence-corrected chi connectivity index (χ2v) is 9.37. The molecule has 3 N–H and O–H groups in total. The summed E-state index contributed by atoms with van der Waals surface area (Å²) >= 11 is 0. The first-order chi connectivity index (χ1) is 17.1. The molecule has 182 valence electrons. The van der Waals surface area contributed by atoms with Crippen molar-refractivity contribution in [3.63, 3.8) is 0 Å². The molecule has 0 aliphatic heterocycles. The van der Waals surface area contributed by atoms with Crippen LogP contribution < -0.4 is 11.1 Å². The van der Waals surface area contributed by atoms with Crippen molar-refractivity contribution in [3.8, 4) is 11.1 Å². The number of rotatable bonds is 9. The predicted molar refractivity (Wildman–Crippen MR) is 138 cm³/mol. The van der Waals surface area contributed by atoms with Crippen LogP contribution in [0.25, 0.3) is 11.1 Å². The van der Waals surface area contributed by atoms with Gasteiger partial charge >= 0.3 is 5.97 Å². The van der Waals surface area contributed by atoms with Gasteiger partial charge < -0.3 is 15.8 Å². The van der Waals surface area contributed by atoms with E-state index in [1.807, 2.05) is 72.8 Å². The largest absolute Gasteiger partial charge is 0.459 e. The van der Waals surface area contributed by atoms with Crippen molar-refractivity contribution in [3.05, 3.63) is 96.1 Å². The maximum atomic E-state index is 13.1. The summed E-state index contributed by atoms with van der Waals surface area (Å²) in [5, 5.41) is 3.01. The highest BCUT2D eigenvalue weighted by Gasteiger charge is 2.30. The highest BCUT2D eigenvalue weighted by Crippen LogP contribution is 2.28. The minimum absolute atomic E-state index is 0.0666. The van der Waals surface area contributed by atoms with Gasteiger partial charge in [0.15, 0.2) is 0 Å². The van der Waals surface area contributed by atoms with Gasteiger partial charge in [-0.15, -0.1) is 0 Å². The quantitative estimate of drug-likeness (QED) is 0.436. The van der Waals surface area contributed by atoms with E-state index in [1.54, 1.807) is 0 Å². The molecule has 1 aliphatic rings. The van der Waals surface area contributed by atoms with Crippen LogP contribution >= 0.6 is 0 Å². The Labute approximate surface area is 207 Å². The van der Waals surface area contributed by atoms with Crippen molar-refractivity contribution in [1.82, 2.24) is 5.32 Å². The highest BCUT2D eigenvalue weighted by atomic mass is 16.5. The average molecular weight is 471 g/mol. The standard InChI is InChI=1S/C30H34N2O3/c31-20-23-13-17-27(18-14-23)29(33)32-28(30(34)35-21-24-7-3-1-4-8-24)19-22-11-15-26(16-12-22)25-9-5-2-6-10-25/h1-12,15-16,23,27-28H,13-14,17-21,31H2,(H,32,33)/t23-,27-,28-/m0/s1. The van der Waals surface area contributed by atoms with Gasteiger partial charge in [0.05, 0.1) is 0 Å². The van der Waals surface area contributed by atoms with Gasteiger partial charge in [-0.1, -0.05) is 84.9 Å². The van der Waals surface area contributed by atoms with Gasteiger partial charge in [0.1, 0.15) is 12.6 Å². The maximum Gasteiger partial charge on any atom is 0.329 e. The molecule has 5 heteroatoms. The van der Waals surface area contributed by atoms with Gasteiger partial charge in [0.25, 0.3) is 0 Å². The number of benzene rings is 3. The number of amides is 1. The Balaban J connectivity index is 1.43. The van der Waals surface area contributed by atoms with Crippen LogP contribution in [0.2, 0.25) is 0 Å². The minimum atomic E-state index is -0.735. The number of hydrogen-bond donors (Lipinski definition) is 2. The summed E-state index contributed by atoms with van der Waals surface area (Å²) in [7, 11) is 0. The minimum Gasteiger partial charge on any atom is -0.459 e. The first-order valence-corrected chi connectivity index (χ1v) is 12.5. The SMILES string of the molecule is NC[C@H]1CC[C@H](C(=O)N[C@@H](Cc2ccc(-c3ccccc3)cc2)C(=O)OCc2ccccc2)CC1. The fourth-order valence-corrected chi connectivity index (χ4v) is 4.67. The number of hydrogen-bond acceptors (Lipinski definition) is 4. The van der Waals surface area contributed by atoms with Crippen LogP contribution in [0.5, 0.6) is 0 Å². The van der Waals surface area contributed by atoms with Crippen molar-refractivity contribution in [1.29, 1.82) is 0 Å². The Bertz CT molecular complexity index is 1080. The third-order valence-electron chi connectivity index (χ3n) is 6.88. The van der Waals surface area contributed by atoms with E-state index in [0.29, 0.717) is 18.9 Å². The van der Waals surface area contributed by atoms with Gasteiger partial charge in [0, 0.05) is 12.3 Å². The number of carbonyl (C=O) groups excluding carboxylic acids is 2. The van der Waals surface area contributed by atoms with E-state index in [1.165, 1.54) is 0 Å². The zero-order chi connectivity index (χ0) is 24.5. The lowest BCUT2D eigenvalue weighted by atomic mass is 9.81. The van der Waals surface area contributed by atoms with E-state index in [0.717, 1.165) is 47.9 Å². The van der Waals surface area contributed by atoms with Crippen molar-refractivity contribution in [2.75, 3.05) is 6.54 Å². The molecule has 3 aromatic carbocycles. The van der Waals surface area contributed by atoms with Gasteiger partial charge in [-0.3, -0.25) is 4.79 Å². The van der Waals surface area contributed by atoms with Crippen LogP contribution in [0.1, 0.15) is 36.8 Å². The topological polar surface area (TPSA) is 81.4 Å². The smallest absolute Gasteiger partial charge is 0.329 e. The molecule has 1 amide bonds. The molecule has 0 radical (unpaired) electrons. The summed E-state index contributed by atoms with van der Waals surface area (Å²) < 4.78 is 5.61. The van der Waals surface area contributed by atoms with E-state index in [4.69, 9.17) is 10.5 Å². The highest BCUT2D eigenvalue weighted by molar-refractivity contribution is 5.86. The Morgan fingerprint density at radius 2 is 1.40 bits per heavy atom. The zero-order valence-electron chi connectivity index (χ0n) is 20.1. The summed E-state index contributed by atoms with van der Waals surface area (Å²) in [6.45, 7) is 0.850. The molecule has 0 unspecified atom stereocenters. The summed E-state index contributed by atoms with van der Waals surface area (Å²) in [6, 6.07) is 27.1. The summed E-state index contributed by atoms with van der Waals surface area (Å²) in [6.07, 6.45) is 3.92. The first-order valence-electron chi connectivity index (χ1n) is 12.5. The van der Waals surface area contributed by atoms with Gasteiger partial charge in [0.2, 0.25) is 5.91 Å². The molecular weight excluding hydrogens is 436 g/mol. The molecule has 0 heterocycles. The van der Waals surface area contributed by atoms with Crippen molar-refractivity contribution < 1.29 is 14.3 Å². The van der Waals surface area contributed by atoms with Gasteiger partial charge in [-0.2, -0.15) is 0 Å². The number of nitrogens with two attached hydrogens (primary N) is 1. The van der Waals surface area contributed by atoms with E-state index in [2.05, 4.69) is 17.4 Å². The van der Waals surface area contributed by atoms with Crippen LogP contribution in [0.3, 0.4) is 0 Å². The van der Waals surface area contributed by atoms with Gasteiger partial charge in [-0.25, -0.2) is 4.79 Å². The van der Waals surface area contributed by atoms with Gasteiger partial charge in [-0.05, 0) is 60.4 Å². The second kappa shape index (κ2) is 12.3. The third-order valence-corrected chi connectivity index (χ3v) is 6.88. The molecule has 3 aromatic rings. The maximum absolute atomic E-state index is 13.1. The van der Waals surface area contributed by atoms with E-state index >= 15 is 0 Å². The lowest BCUT2D eigenvalue weighted by molar-refractivity contribution is -0.149. The van der Waals surface area contributed by atoms with Crippen molar-refractivity contribution in [2.24, 2.45) is 17.6 Å². The number of esters is 1. The number of nitrogens with one attached hydrogen (secondary N) is 1. The predicted octanol–water partition coefficient (Wildman–Crippen LogP) is 4.89. The number of carbonyl (C=O) groups is 2. The van der Waals surface area contributed by atoms with E-state index < -0.39 is 12.0 Å². The molecule has 1 aliphatic carbocycles. The fourth-order valence-electron chi connectivity index (χ4n) is 4.67. The van der Waals surface area contributed by atoms with E-state index in [-0.39, 0.29) is 18.4 Å². The Morgan fingerprint density at radius 1 is 0.800 bits per heavy atom. The first kappa shape index (κ1) is 24.7. The molecule has 35 heavy (non-hydrogen) atoms. The van der Waals surface area contributed by atoms with Crippen LogP contribution in [-0.4, -0.2) is 24.5 Å². The Hall–Kier alpha value is -3.44. The molecule has 5 nitrogen and oxygen atoms in total. The molecule has 0 saturated heterocycles. The number of ether oxygens (including phenoxy) is 1. The average Bonchev–Trinajstić information content (AvgIpc) is 2.93. The summed E-state index contributed by atoms with van der Waals surface area (Å²) in [4.78, 5) is 26.1. The molecule has 1 saturated carbocycles. The molecular formula is C30H34N2O3. The lowest BCUT2D eigenvalue weighted by Crippen LogP contribution is -2.46. The zero-order valence-corrected chi connectivity index (χ0v) is 20.1. The van der Waals surface area contributed by atoms with Crippen LogP contribution in [0.15, 0.2) is 84.9 Å².